The van der Waals surface area contributed by atoms with Crippen molar-refractivity contribution in [3.05, 3.63) is 34.4 Å². The molecule has 0 unspecified atom stereocenters. The number of carbonyl (C=O) groups excluding carboxylic acids is 1. The molecule has 5 nitrogen and oxygen atoms in total. The Morgan fingerprint density at radius 2 is 2.16 bits per heavy atom. The van der Waals surface area contributed by atoms with Crippen LogP contribution < -0.4 is 0 Å². The quantitative estimate of drug-likeness (QED) is 0.737. The van der Waals surface area contributed by atoms with E-state index >= 15 is 0 Å². The van der Waals surface area contributed by atoms with Gasteiger partial charge in [-0.2, -0.15) is 0 Å². The molecule has 0 aliphatic rings. The van der Waals surface area contributed by atoms with Gasteiger partial charge in [0.2, 0.25) is 0 Å². The molecule has 0 spiro atoms. The zero-order valence-corrected chi connectivity index (χ0v) is 11.7. The first-order chi connectivity index (χ1) is 9.19. The minimum atomic E-state index is -0.457. The van der Waals surface area contributed by atoms with Crippen molar-refractivity contribution in [3.8, 4) is 0 Å². The van der Waals surface area contributed by atoms with Crippen LogP contribution in [-0.4, -0.2) is 27.8 Å². The van der Waals surface area contributed by atoms with Gasteiger partial charge in [0, 0.05) is 20.8 Å². The highest BCUT2D eigenvalue weighted by Gasteiger charge is 2.13. The monoisotopic (exact) mass is 319 g/mol. The summed E-state index contributed by atoms with van der Waals surface area (Å²) in [7, 11) is 0. The van der Waals surface area contributed by atoms with Gasteiger partial charge in [-0.25, -0.2) is 4.79 Å². The summed E-state index contributed by atoms with van der Waals surface area (Å²) in [5, 5.41) is 9.75. The summed E-state index contributed by atoms with van der Waals surface area (Å²) < 4.78 is 5.90. The second-order valence-electron chi connectivity index (χ2n) is 4.03. The van der Waals surface area contributed by atoms with Crippen LogP contribution in [0.3, 0.4) is 0 Å². The topological polar surface area (TPSA) is 67.9 Å². The molecule has 0 saturated heterocycles. The maximum Gasteiger partial charge on any atom is 0.358 e. The number of fused-ring (bicyclic) bond motifs is 3. The van der Waals surface area contributed by atoms with Crippen molar-refractivity contribution >= 4 is 43.8 Å². The van der Waals surface area contributed by atoms with Crippen molar-refractivity contribution in [2.75, 3.05) is 6.61 Å². The Kier molecular flexibility index (Phi) is 2.94. The molecular formula is C13H10BrN3O2. The van der Waals surface area contributed by atoms with Crippen LogP contribution in [0.2, 0.25) is 0 Å². The zero-order chi connectivity index (χ0) is 13.4. The maximum absolute atomic E-state index is 11.7. The molecule has 0 aliphatic heterocycles. The maximum atomic E-state index is 11.7. The highest BCUT2D eigenvalue weighted by molar-refractivity contribution is 9.10. The number of aromatic nitrogens is 3. The number of rotatable bonds is 2. The van der Waals surface area contributed by atoms with E-state index in [2.05, 4.69) is 31.1 Å². The number of carbonyl (C=O) groups is 1. The molecule has 0 atom stereocenters. The summed E-state index contributed by atoms with van der Waals surface area (Å²) >= 11 is 3.43. The smallest absolute Gasteiger partial charge is 0.358 e. The van der Waals surface area contributed by atoms with E-state index in [-0.39, 0.29) is 5.69 Å². The Bertz CT molecular complexity index is 782. The molecule has 19 heavy (non-hydrogen) atoms. The van der Waals surface area contributed by atoms with Crippen LogP contribution in [0.15, 0.2) is 28.7 Å². The van der Waals surface area contributed by atoms with Gasteiger partial charge in [-0.3, -0.25) is 0 Å². The molecule has 96 valence electrons. The fourth-order valence-corrected chi connectivity index (χ4v) is 2.33. The van der Waals surface area contributed by atoms with Crippen molar-refractivity contribution in [1.82, 2.24) is 15.2 Å². The molecule has 0 radical (unpaired) electrons. The number of nitrogens with one attached hydrogen (secondary N) is 1. The lowest BCUT2D eigenvalue weighted by atomic mass is 10.2. The molecule has 1 N–H and O–H groups in total. The summed E-state index contributed by atoms with van der Waals surface area (Å²) in [6.07, 6.45) is 0. The predicted octanol–water partition coefficient (Wildman–Crippen LogP) is 3.05. The van der Waals surface area contributed by atoms with E-state index in [1.165, 1.54) is 0 Å². The molecule has 2 heterocycles. The summed E-state index contributed by atoms with van der Waals surface area (Å²) in [6, 6.07) is 7.57. The van der Waals surface area contributed by atoms with E-state index in [1.54, 1.807) is 13.0 Å². The summed E-state index contributed by atoms with van der Waals surface area (Å²) in [5.41, 5.74) is 1.82. The van der Waals surface area contributed by atoms with Gasteiger partial charge in [0.05, 0.1) is 6.61 Å². The lowest BCUT2D eigenvalue weighted by Crippen LogP contribution is -2.07. The second kappa shape index (κ2) is 4.62. The number of H-pyrrole nitrogens is 1. The number of hydrogen-bond acceptors (Lipinski definition) is 4. The highest BCUT2D eigenvalue weighted by Crippen LogP contribution is 2.27. The Balaban J connectivity index is 2.23. The van der Waals surface area contributed by atoms with Gasteiger partial charge in [-0.15, -0.1) is 10.2 Å². The lowest BCUT2D eigenvalue weighted by Gasteiger charge is -1.99. The molecule has 0 aliphatic carbocycles. The van der Waals surface area contributed by atoms with Gasteiger partial charge >= 0.3 is 5.97 Å². The van der Waals surface area contributed by atoms with Gasteiger partial charge in [0.25, 0.3) is 0 Å². The van der Waals surface area contributed by atoms with Gasteiger partial charge in [0.15, 0.2) is 11.3 Å². The van der Waals surface area contributed by atoms with E-state index < -0.39 is 5.97 Å². The number of benzene rings is 1. The average Bonchev–Trinajstić information content (AvgIpc) is 2.76. The number of ether oxygens (including phenoxy) is 1. The van der Waals surface area contributed by atoms with Crippen molar-refractivity contribution < 1.29 is 9.53 Å². The first kappa shape index (κ1) is 12.1. The number of aromatic amines is 1. The molecule has 3 rings (SSSR count). The number of halogens is 1. The minimum Gasteiger partial charge on any atom is -0.461 e. The molecule has 0 fully saturated rings. The number of esters is 1. The summed E-state index contributed by atoms with van der Waals surface area (Å²) in [5.74, 6) is -0.457. The molecule has 0 saturated carbocycles. The zero-order valence-electron chi connectivity index (χ0n) is 10.1. The fraction of sp³-hybridized carbons (Fsp3) is 0.154. The van der Waals surface area contributed by atoms with Crippen molar-refractivity contribution in [3.63, 3.8) is 0 Å². The minimum absolute atomic E-state index is 0.218. The third-order valence-corrected chi connectivity index (χ3v) is 3.30. The summed E-state index contributed by atoms with van der Waals surface area (Å²) in [4.78, 5) is 14.8. The average molecular weight is 320 g/mol. The molecule has 6 heteroatoms. The Morgan fingerprint density at radius 3 is 2.95 bits per heavy atom. The van der Waals surface area contributed by atoms with Crippen LogP contribution in [0.1, 0.15) is 17.4 Å². The standard InChI is InChI=1S/C13H10BrN3O2/c1-2-19-13(18)11-6-9-8-5-7(14)3-4-10(8)15-12(9)17-16-11/h3-6H,2H2,1H3,(H,15,17). The van der Waals surface area contributed by atoms with E-state index in [9.17, 15) is 4.79 Å². The lowest BCUT2D eigenvalue weighted by molar-refractivity contribution is 0.0518. The number of hydrogen-bond donors (Lipinski definition) is 1. The van der Waals surface area contributed by atoms with Crippen LogP contribution in [0.4, 0.5) is 0 Å². The van der Waals surface area contributed by atoms with E-state index in [1.807, 2.05) is 18.2 Å². The molecule has 2 aromatic heterocycles. The molecule has 0 amide bonds. The fourth-order valence-electron chi connectivity index (χ4n) is 1.97. The molecule has 0 bridgehead atoms. The van der Waals surface area contributed by atoms with Crippen LogP contribution >= 0.6 is 15.9 Å². The molecular weight excluding hydrogens is 310 g/mol. The highest BCUT2D eigenvalue weighted by atomic mass is 79.9. The van der Waals surface area contributed by atoms with Gasteiger partial charge in [0.1, 0.15) is 0 Å². The van der Waals surface area contributed by atoms with Crippen molar-refractivity contribution in [2.24, 2.45) is 0 Å². The van der Waals surface area contributed by atoms with Crippen molar-refractivity contribution in [2.45, 2.75) is 6.92 Å². The predicted molar refractivity (Wildman–Crippen MR) is 75.1 cm³/mol. The SMILES string of the molecule is CCOC(=O)c1cc2c(nn1)[nH]c1ccc(Br)cc12. The van der Waals surface area contributed by atoms with Crippen LogP contribution in [0.5, 0.6) is 0 Å². The van der Waals surface area contributed by atoms with Crippen LogP contribution in [-0.2, 0) is 4.74 Å². The van der Waals surface area contributed by atoms with Crippen molar-refractivity contribution in [1.29, 1.82) is 0 Å². The van der Waals surface area contributed by atoms with Gasteiger partial charge in [-0.05, 0) is 31.2 Å². The number of nitrogens with zero attached hydrogens (tertiary/aromatic N) is 2. The third kappa shape index (κ3) is 2.08. The van der Waals surface area contributed by atoms with E-state index in [4.69, 9.17) is 4.74 Å². The van der Waals surface area contributed by atoms with E-state index in [0.29, 0.717) is 12.3 Å². The molecule has 3 aromatic rings. The Hall–Kier alpha value is -1.95. The largest absolute Gasteiger partial charge is 0.461 e. The van der Waals surface area contributed by atoms with E-state index in [0.717, 1.165) is 20.8 Å². The Labute approximate surface area is 117 Å². The normalized spacial score (nSPS) is 11.1. The first-order valence-electron chi connectivity index (χ1n) is 5.81. The Morgan fingerprint density at radius 1 is 1.32 bits per heavy atom. The second-order valence-corrected chi connectivity index (χ2v) is 4.94. The van der Waals surface area contributed by atoms with Gasteiger partial charge in [-0.1, -0.05) is 15.9 Å². The van der Waals surface area contributed by atoms with Gasteiger partial charge < -0.3 is 9.72 Å². The van der Waals surface area contributed by atoms with Crippen LogP contribution in [0, 0.1) is 0 Å². The van der Waals surface area contributed by atoms with Crippen LogP contribution in [0.25, 0.3) is 21.9 Å². The third-order valence-electron chi connectivity index (χ3n) is 2.80. The summed E-state index contributed by atoms with van der Waals surface area (Å²) in [6.45, 7) is 2.07. The molecule has 1 aromatic carbocycles. The first-order valence-corrected chi connectivity index (χ1v) is 6.60.